The summed E-state index contributed by atoms with van der Waals surface area (Å²) in [6.07, 6.45) is 4.20. The Hall–Kier alpha value is -2.01. The van der Waals surface area contributed by atoms with Crippen molar-refractivity contribution in [1.82, 2.24) is 4.90 Å². The summed E-state index contributed by atoms with van der Waals surface area (Å²) >= 11 is 13.7. The molecule has 2 heterocycles. The van der Waals surface area contributed by atoms with Gasteiger partial charge in [-0.3, -0.25) is 9.69 Å². The monoisotopic (exact) mass is 454 g/mol. The van der Waals surface area contributed by atoms with Gasteiger partial charge in [0.05, 0.1) is 17.5 Å². The maximum atomic E-state index is 12.8. The second kappa shape index (κ2) is 7.92. The molecule has 5 rings (SSSR count). The van der Waals surface area contributed by atoms with E-state index in [0.717, 1.165) is 39.9 Å². The van der Waals surface area contributed by atoms with Crippen LogP contribution in [-0.4, -0.2) is 21.7 Å². The Morgan fingerprint density at radius 2 is 1.73 bits per heavy atom. The Morgan fingerprint density at radius 3 is 2.43 bits per heavy atom. The summed E-state index contributed by atoms with van der Waals surface area (Å²) in [6, 6.07) is 15.6. The largest absolute Gasteiger partial charge is 0.279 e. The Balaban J connectivity index is 1.67. The van der Waals surface area contributed by atoms with Gasteiger partial charge in [-0.05, 0) is 71.4 Å². The van der Waals surface area contributed by atoms with Gasteiger partial charge in [0.1, 0.15) is 0 Å². The molecule has 1 fully saturated rings. The van der Waals surface area contributed by atoms with Gasteiger partial charge in [-0.25, -0.2) is 4.99 Å². The molecule has 0 bridgehead atoms. The molecule has 1 amide bonds. The average molecular weight is 455 g/mol. The van der Waals surface area contributed by atoms with Crippen molar-refractivity contribution in [2.24, 2.45) is 10.9 Å². The highest BCUT2D eigenvalue weighted by atomic mass is 35.5. The number of carbonyl (C=O) groups excluding carboxylic acids is 1. The molecule has 6 heteroatoms. The van der Waals surface area contributed by atoms with Gasteiger partial charge in [-0.2, -0.15) is 0 Å². The van der Waals surface area contributed by atoms with Crippen molar-refractivity contribution in [2.45, 2.75) is 25.8 Å². The Bertz CT molecular complexity index is 1100. The third-order valence-corrected chi connectivity index (χ3v) is 7.35. The standard InChI is InChI=1S/C24H20Cl2N2OS/c1-14-2-5-17(12-15-3-8-18(25)9-4-15)22-21(14)23(16-6-10-19(26)11-7-16)28-20(29)13-30-24(28)27-22/h3-4,6-12,14,23H,2,5,13H2,1H3/b17-12+. The van der Waals surface area contributed by atoms with E-state index in [1.165, 1.54) is 22.9 Å². The van der Waals surface area contributed by atoms with Gasteiger partial charge in [0.25, 0.3) is 0 Å². The lowest BCUT2D eigenvalue weighted by molar-refractivity contribution is -0.125. The minimum atomic E-state index is -0.129. The van der Waals surface area contributed by atoms with E-state index in [-0.39, 0.29) is 11.9 Å². The van der Waals surface area contributed by atoms with Crippen LogP contribution in [0.4, 0.5) is 0 Å². The van der Waals surface area contributed by atoms with Crippen molar-refractivity contribution in [2.75, 3.05) is 5.75 Å². The van der Waals surface area contributed by atoms with Crippen LogP contribution >= 0.6 is 35.0 Å². The van der Waals surface area contributed by atoms with Crippen molar-refractivity contribution < 1.29 is 4.79 Å². The summed E-state index contributed by atoms with van der Waals surface area (Å²) in [5.41, 5.74) is 5.67. The van der Waals surface area contributed by atoms with Crippen LogP contribution in [0.5, 0.6) is 0 Å². The van der Waals surface area contributed by atoms with Crippen molar-refractivity contribution in [1.29, 1.82) is 0 Å². The normalized spacial score (nSPS) is 24.8. The topological polar surface area (TPSA) is 32.7 Å². The zero-order valence-electron chi connectivity index (χ0n) is 16.4. The first-order valence-electron chi connectivity index (χ1n) is 10.0. The maximum Gasteiger partial charge on any atom is 0.239 e. The van der Waals surface area contributed by atoms with Crippen LogP contribution in [0.25, 0.3) is 6.08 Å². The first kappa shape index (κ1) is 19.9. The number of amides is 1. The lowest BCUT2D eigenvalue weighted by Crippen LogP contribution is -2.40. The fraction of sp³-hybridized carbons (Fsp3) is 0.250. The van der Waals surface area contributed by atoms with Gasteiger partial charge in [0.15, 0.2) is 5.17 Å². The number of aliphatic imine (C=N–C) groups is 1. The van der Waals surface area contributed by atoms with Crippen LogP contribution in [0.2, 0.25) is 10.0 Å². The second-order valence-electron chi connectivity index (χ2n) is 7.87. The molecule has 3 aliphatic rings. The molecule has 0 N–H and O–H groups in total. The van der Waals surface area contributed by atoms with Crippen LogP contribution in [-0.2, 0) is 4.79 Å². The van der Waals surface area contributed by atoms with E-state index in [1.54, 1.807) is 0 Å². The highest BCUT2D eigenvalue weighted by Crippen LogP contribution is 2.49. The number of carbonyl (C=O) groups is 1. The highest BCUT2D eigenvalue weighted by molar-refractivity contribution is 8.15. The predicted molar refractivity (Wildman–Crippen MR) is 126 cm³/mol. The first-order chi connectivity index (χ1) is 14.5. The van der Waals surface area contributed by atoms with Crippen LogP contribution in [0, 0.1) is 5.92 Å². The number of benzene rings is 2. The zero-order chi connectivity index (χ0) is 20.8. The van der Waals surface area contributed by atoms with Gasteiger partial charge >= 0.3 is 0 Å². The number of thioether (sulfide) groups is 1. The number of hydrogen-bond acceptors (Lipinski definition) is 3. The second-order valence-corrected chi connectivity index (χ2v) is 9.68. The molecule has 1 saturated heterocycles. The number of hydrogen-bond donors (Lipinski definition) is 0. The molecular weight excluding hydrogens is 435 g/mol. The Labute approximate surface area is 190 Å². The molecule has 0 spiro atoms. The number of amidine groups is 1. The summed E-state index contributed by atoms with van der Waals surface area (Å²) in [5.74, 6) is 0.895. The van der Waals surface area contributed by atoms with E-state index in [9.17, 15) is 4.79 Å². The smallest absolute Gasteiger partial charge is 0.239 e. The molecule has 2 atom stereocenters. The SMILES string of the molecule is CC1CC/C(=C\c2ccc(Cl)cc2)C2=C1C(c1ccc(Cl)cc1)N1C(=O)CSC1=N2. The van der Waals surface area contributed by atoms with Crippen molar-refractivity contribution >= 4 is 52.1 Å². The van der Waals surface area contributed by atoms with Crippen molar-refractivity contribution in [3.63, 3.8) is 0 Å². The van der Waals surface area contributed by atoms with Crippen LogP contribution in [0.3, 0.4) is 0 Å². The van der Waals surface area contributed by atoms with E-state index in [0.29, 0.717) is 16.7 Å². The molecule has 2 aromatic carbocycles. The van der Waals surface area contributed by atoms with E-state index in [1.807, 2.05) is 53.4 Å². The predicted octanol–water partition coefficient (Wildman–Crippen LogP) is 6.75. The summed E-state index contributed by atoms with van der Waals surface area (Å²) < 4.78 is 0. The lowest BCUT2D eigenvalue weighted by Gasteiger charge is -2.40. The molecule has 1 aliphatic carbocycles. The van der Waals surface area contributed by atoms with E-state index in [4.69, 9.17) is 28.2 Å². The summed E-state index contributed by atoms with van der Waals surface area (Å²) in [5, 5.41) is 2.22. The number of halogens is 2. The molecule has 152 valence electrons. The van der Waals surface area contributed by atoms with Gasteiger partial charge in [0.2, 0.25) is 5.91 Å². The summed E-state index contributed by atoms with van der Waals surface area (Å²) in [7, 11) is 0. The van der Waals surface area contributed by atoms with E-state index >= 15 is 0 Å². The summed E-state index contributed by atoms with van der Waals surface area (Å²) in [4.78, 5) is 19.7. The number of allylic oxidation sites excluding steroid dienone is 1. The molecule has 2 aliphatic heterocycles. The van der Waals surface area contributed by atoms with Gasteiger partial charge in [-0.15, -0.1) is 0 Å². The average Bonchev–Trinajstić information content (AvgIpc) is 3.12. The first-order valence-corrected chi connectivity index (χ1v) is 11.7. The fourth-order valence-corrected chi connectivity index (χ4v) is 5.57. The third-order valence-electron chi connectivity index (χ3n) is 5.91. The summed E-state index contributed by atoms with van der Waals surface area (Å²) in [6.45, 7) is 2.24. The molecule has 0 saturated carbocycles. The van der Waals surface area contributed by atoms with Gasteiger partial charge in [0, 0.05) is 10.0 Å². The maximum absolute atomic E-state index is 12.8. The minimum Gasteiger partial charge on any atom is -0.279 e. The fourth-order valence-electron chi connectivity index (χ4n) is 4.42. The third kappa shape index (κ3) is 3.51. The number of nitrogens with zero attached hydrogens (tertiary/aromatic N) is 2. The van der Waals surface area contributed by atoms with Gasteiger partial charge in [-0.1, -0.05) is 66.2 Å². The molecule has 30 heavy (non-hydrogen) atoms. The van der Waals surface area contributed by atoms with Crippen LogP contribution in [0.1, 0.15) is 36.9 Å². The van der Waals surface area contributed by atoms with Crippen molar-refractivity contribution in [3.05, 3.63) is 86.5 Å². The Kier molecular flexibility index (Phi) is 5.26. The number of rotatable bonds is 2. The molecular formula is C24H20Cl2N2OS. The minimum absolute atomic E-state index is 0.117. The van der Waals surface area contributed by atoms with Crippen LogP contribution in [0.15, 0.2) is 70.4 Å². The number of fused-ring (bicyclic) bond motifs is 1. The van der Waals surface area contributed by atoms with Crippen LogP contribution < -0.4 is 0 Å². The molecule has 2 aromatic rings. The molecule has 0 radical (unpaired) electrons. The van der Waals surface area contributed by atoms with Crippen molar-refractivity contribution in [3.8, 4) is 0 Å². The lowest BCUT2D eigenvalue weighted by atomic mass is 9.77. The molecule has 3 nitrogen and oxygen atoms in total. The van der Waals surface area contributed by atoms with E-state index in [2.05, 4.69) is 13.0 Å². The molecule has 2 unspecified atom stereocenters. The van der Waals surface area contributed by atoms with E-state index < -0.39 is 0 Å². The molecule has 0 aromatic heterocycles. The van der Waals surface area contributed by atoms with Gasteiger partial charge < -0.3 is 0 Å². The zero-order valence-corrected chi connectivity index (χ0v) is 18.8. The quantitative estimate of drug-likeness (QED) is 0.502. The highest BCUT2D eigenvalue weighted by Gasteiger charge is 2.44. The Morgan fingerprint density at radius 1 is 1.07 bits per heavy atom.